The molecule has 1 fully saturated rings. The summed E-state index contributed by atoms with van der Waals surface area (Å²) in [6, 6.07) is 0.347. The third-order valence-electron chi connectivity index (χ3n) is 4.19. The van der Waals surface area contributed by atoms with Crippen molar-refractivity contribution in [2.45, 2.75) is 76.8 Å². The topological polar surface area (TPSA) is 41.1 Å². The van der Waals surface area contributed by atoms with Crippen LogP contribution in [0.5, 0.6) is 0 Å². The average Bonchev–Trinajstić information content (AvgIpc) is 2.37. The van der Waals surface area contributed by atoms with Gasteiger partial charge in [-0.1, -0.05) is 33.1 Å². The first-order valence-corrected chi connectivity index (χ1v) is 7.14. The zero-order chi connectivity index (χ0) is 12.7. The van der Waals surface area contributed by atoms with Gasteiger partial charge in [0.25, 0.3) is 0 Å². The second-order valence-electron chi connectivity index (χ2n) is 5.35. The zero-order valence-electron chi connectivity index (χ0n) is 11.6. The van der Waals surface area contributed by atoms with E-state index in [1.807, 2.05) is 7.05 Å². The molecule has 1 aliphatic carbocycles. The lowest BCUT2D eigenvalue weighted by molar-refractivity contribution is -0.123. The van der Waals surface area contributed by atoms with Crippen molar-refractivity contribution in [1.29, 1.82) is 0 Å². The third-order valence-corrected chi connectivity index (χ3v) is 4.19. The first-order valence-electron chi connectivity index (χ1n) is 7.14. The van der Waals surface area contributed by atoms with Gasteiger partial charge < -0.3 is 10.6 Å². The Labute approximate surface area is 106 Å². The summed E-state index contributed by atoms with van der Waals surface area (Å²) in [5.41, 5.74) is 0.0639. The van der Waals surface area contributed by atoms with E-state index < -0.39 is 0 Å². The van der Waals surface area contributed by atoms with Crippen molar-refractivity contribution in [2.75, 3.05) is 7.05 Å². The monoisotopic (exact) mass is 240 g/mol. The fourth-order valence-corrected chi connectivity index (χ4v) is 2.82. The number of carbonyl (C=O) groups is 1. The van der Waals surface area contributed by atoms with Crippen LogP contribution >= 0.6 is 0 Å². The smallest absolute Gasteiger partial charge is 0.222 e. The Hall–Kier alpha value is -0.570. The van der Waals surface area contributed by atoms with Crippen molar-refractivity contribution in [3.63, 3.8) is 0 Å². The number of rotatable bonds is 6. The lowest BCUT2D eigenvalue weighted by atomic mass is 9.79. The van der Waals surface area contributed by atoms with E-state index in [9.17, 15) is 4.79 Å². The third kappa shape index (κ3) is 4.30. The van der Waals surface area contributed by atoms with E-state index in [0.717, 1.165) is 25.7 Å². The van der Waals surface area contributed by atoms with Crippen LogP contribution < -0.4 is 10.6 Å². The minimum Gasteiger partial charge on any atom is -0.353 e. The van der Waals surface area contributed by atoms with E-state index in [2.05, 4.69) is 24.5 Å². The molecule has 0 heterocycles. The molecule has 1 rings (SSSR count). The van der Waals surface area contributed by atoms with Gasteiger partial charge in [0.15, 0.2) is 0 Å². The molecule has 3 heteroatoms. The molecule has 1 aliphatic rings. The summed E-state index contributed by atoms with van der Waals surface area (Å²) in [6.45, 7) is 4.26. The first-order chi connectivity index (χ1) is 8.15. The predicted octanol–water partition coefficient (Wildman–Crippen LogP) is 2.60. The molecule has 0 aromatic heterocycles. The molecule has 100 valence electrons. The minimum absolute atomic E-state index is 0.0639. The molecular formula is C14H28N2O. The van der Waals surface area contributed by atoms with Crippen molar-refractivity contribution in [1.82, 2.24) is 10.6 Å². The Morgan fingerprint density at radius 1 is 1.18 bits per heavy atom. The van der Waals surface area contributed by atoms with Gasteiger partial charge in [0.1, 0.15) is 0 Å². The van der Waals surface area contributed by atoms with Crippen LogP contribution in [0.2, 0.25) is 0 Å². The lowest BCUT2D eigenvalue weighted by Crippen LogP contribution is -2.49. The Kier molecular flexibility index (Phi) is 5.96. The van der Waals surface area contributed by atoms with Crippen LogP contribution in [-0.2, 0) is 4.79 Å². The quantitative estimate of drug-likeness (QED) is 0.749. The maximum absolute atomic E-state index is 12.1. The summed E-state index contributed by atoms with van der Waals surface area (Å²) in [7, 11) is 2.00. The van der Waals surface area contributed by atoms with Gasteiger partial charge in [-0.15, -0.1) is 0 Å². The Morgan fingerprint density at radius 3 is 2.24 bits per heavy atom. The number of nitrogens with one attached hydrogen (secondary N) is 2. The zero-order valence-corrected chi connectivity index (χ0v) is 11.6. The highest BCUT2D eigenvalue weighted by Gasteiger charge is 2.32. The average molecular weight is 240 g/mol. The molecule has 0 radical (unpaired) electrons. The van der Waals surface area contributed by atoms with E-state index in [0.29, 0.717) is 12.5 Å². The summed E-state index contributed by atoms with van der Waals surface area (Å²) in [5, 5.41) is 6.54. The number of hydrogen-bond acceptors (Lipinski definition) is 2. The predicted molar refractivity (Wildman–Crippen MR) is 72.0 cm³/mol. The van der Waals surface area contributed by atoms with E-state index in [1.165, 1.54) is 19.3 Å². The van der Waals surface area contributed by atoms with Gasteiger partial charge in [-0.2, -0.15) is 0 Å². The molecule has 0 aromatic carbocycles. The van der Waals surface area contributed by atoms with Crippen LogP contribution in [0.3, 0.4) is 0 Å². The van der Waals surface area contributed by atoms with Gasteiger partial charge in [0.05, 0.1) is 0 Å². The maximum atomic E-state index is 12.1. The fourth-order valence-electron chi connectivity index (χ4n) is 2.82. The molecule has 17 heavy (non-hydrogen) atoms. The van der Waals surface area contributed by atoms with Crippen LogP contribution in [0.1, 0.15) is 65.2 Å². The minimum atomic E-state index is 0.0639. The molecule has 0 bridgehead atoms. The van der Waals surface area contributed by atoms with Gasteiger partial charge in [0, 0.05) is 18.0 Å². The summed E-state index contributed by atoms with van der Waals surface area (Å²) in [4.78, 5) is 12.1. The number of hydrogen-bond donors (Lipinski definition) is 2. The highest BCUT2D eigenvalue weighted by Crippen LogP contribution is 2.30. The Balaban J connectivity index is 2.47. The Bertz CT molecular complexity index is 230. The van der Waals surface area contributed by atoms with Crippen LogP contribution in [0, 0.1) is 0 Å². The summed E-state index contributed by atoms with van der Waals surface area (Å²) in [6.07, 6.45) is 8.78. The van der Waals surface area contributed by atoms with Gasteiger partial charge in [-0.05, 0) is 32.7 Å². The molecule has 3 nitrogen and oxygen atoms in total. The van der Waals surface area contributed by atoms with Crippen LogP contribution in [0.4, 0.5) is 0 Å². The van der Waals surface area contributed by atoms with Crippen LogP contribution in [0.25, 0.3) is 0 Å². The molecule has 1 saturated carbocycles. The van der Waals surface area contributed by atoms with Crippen molar-refractivity contribution in [3.8, 4) is 0 Å². The number of carbonyl (C=O) groups excluding carboxylic acids is 1. The summed E-state index contributed by atoms with van der Waals surface area (Å²) < 4.78 is 0. The first kappa shape index (κ1) is 14.5. The molecule has 0 saturated heterocycles. The normalized spacial score (nSPS) is 19.3. The van der Waals surface area contributed by atoms with Crippen molar-refractivity contribution in [2.24, 2.45) is 0 Å². The molecule has 0 atom stereocenters. The largest absolute Gasteiger partial charge is 0.353 e. The van der Waals surface area contributed by atoms with E-state index >= 15 is 0 Å². The summed E-state index contributed by atoms with van der Waals surface area (Å²) in [5.74, 6) is 0.218. The van der Waals surface area contributed by atoms with Gasteiger partial charge in [0.2, 0.25) is 5.91 Å². The van der Waals surface area contributed by atoms with Crippen LogP contribution in [-0.4, -0.2) is 24.5 Å². The molecule has 1 amide bonds. The Morgan fingerprint density at radius 2 is 1.76 bits per heavy atom. The van der Waals surface area contributed by atoms with E-state index in [1.54, 1.807) is 0 Å². The maximum Gasteiger partial charge on any atom is 0.222 e. The fraction of sp³-hybridized carbons (Fsp3) is 0.929. The van der Waals surface area contributed by atoms with E-state index in [4.69, 9.17) is 0 Å². The number of amides is 1. The molecule has 2 N–H and O–H groups in total. The van der Waals surface area contributed by atoms with Gasteiger partial charge in [-0.25, -0.2) is 0 Å². The second-order valence-corrected chi connectivity index (χ2v) is 5.35. The highest BCUT2D eigenvalue weighted by atomic mass is 16.1. The summed E-state index contributed by atoms with van der Waals surface area (Å²) >= 11 is 0. The van der Waals surface area contributed by atoms with Crippen molar-refractivity contribution >= 4 is 5.91 Å². The molecule has 0 spiro atoms. The standard InChI is InChI=1S/C14H28N2O/c1-4-12(5-2)16-13(17)11-14(15-3)9-7-6-8-10-14/h12,15H,4-11H2,1-3H3,(H,16,17). The second kappa shape index (κ2) is 7.00. The van der Waals surface area contributed by atoms with E-state index in [-0.39, 0.29) is 11.4 Å². The molecular weight excluding hydrogens is 212 g/mol. The molecule has 0 aromatic rings. The lowest BCUT2D eigenvalue weighted by Gasteiger charge is -2.37. The van der Waals surface area contributed by atoms with Crippen molar-refractivity contribution in [3.05, 3.63) is 0 Å². The van der Waals surface area contributed by atoms with Gasteiger partial charge >= 0.3 is 0 Å². The van der Waals surface area contributed by atoms with Crippen molar-refractivity contribution < 1.29 is 4.79 Å². The highest BCUT2D eigenvalue weighted by molar-refractivity contribution is 5.77. The van der Waals surface area contributed by atoms with Gasteiger partial charge in [-0.3, -0.25) is 4.79 Å². The van der Waals surface area contributed by atoms with Crippen LogP contribution in [0.15, 0.2) is 0 Å². The SMILES string of the molecule is CCC(CC)NC(=O)CC1(NC)CCCCC1. The molecule has 0 unspecified atom stereocenters. The molecule has 0 aliphatic heterocycles.